The predicted molar refractivity (Wildman–Crippen MR) is 186 cm³/mol. The molecule has 2 amide bonds. The minimum atomic E-state index is -0.456. The number of ether oxygens (including phenoxy) is 2. The van der Waals surface area contributed by atoms with Gasteiger partial charge in [0.25, 0.3) is 0 Å². The number of rotatable bonds is 21. The van der Waals surface area contributed by atoms with Crippen molar-refractivity contribution in [2.75, 3.05) is 25.6 Å². The Balaban J connectivity index is 1.30. The van der Waals surface area contributed by atoms with Crippen LogP contribution in [0.4, 0.5) is 10.5 Å². The third-order valence-electron chi connectivity index (χ3n) is 8.05. The number of benzene rings is 1. The van der Waals surface area contributed by atoms with Gasteiger partial charge in [0.05, 0.1) is 31.5 Å². The van der Waals surface area contributed by atoms with Crippen molar-refractivity contribution in [3.8, 4) is 17.1 Å². The third kappa shape index (κ3) is 12.2. The molecule has 0 spiro atoms. The Hall–Kier alpha value is -3.27. The molecule has 0 aliphatic carbocycles. The number of nitrogens with zero attached hydrogens (tertiary/aromatic N) is 3. The van der Waals surface area contributed by atoms with Gasteiger partial charge in [0.15, 0.2) is 11.5 Å². The molecule has 10 nitrogen and oxygen atoms in total. The number of carbonyl (C=O) groups is 2. The molecular weight excluding hydrogens is 604 g/mol. The second kappa shape index (κ2) is 19.4. The highest BCUT2D eigenvalue weighted by Gasteiger charge is 2.25. The number of urea groups is 1. The summed E-state index contributed by atoms with van der Waals surface area (Å²) in [5.41, 5.74) is 2.29. The molecule has 3 aromatic rings. The van der Waals surface area contributed by atoms with E-state index in [1.807, 2.05) is 26.8 Å². The van der Waals surface area contributed by atoms with Gasteiger partial charge in [-0.15, -0.1) is 9.73 Å². The number of hydrogen-bond acceptors (Lipinski definition) is 6. The van der Waals surface area contributed by atoms with Crippen LogP contribution in [-0.2, 0) is 14.9 Å². The fourth-order valence-electron chi connectivity index (χ4n) is 5.36. The number of H-pyrrole nitrogens is 1. The maximum atomic E-state index is 12.6. The van der Waals surface area contributed by atoms with E-state index in [-0.39, 0.29) is 24.3 Å². The molecule has 3 rings (SSSR count). The van der Waals surface area contributed by atoms with E-state index in [0.717, 1.165) is 18.5 Å². The Labute approximate surface area is 279 Å². The van der Waals surface area contributed by atoms with E-state index in [1.54, 1.807) is 12.1 Å². The van der Waals surface area contributed by atoms with Crippen LogP contribution in [0.3, 0.4) is 0 Å². The number of aromatic amines is 1. The lowest BCUT2D eigenvalue weighted by atomic mass is 9.92. The highest BCUT2D eigenvalue weighted by molar-refractivity contribution is 6.34. The molecule has 3 N–H and O–H groups in total. The minimum absolute atomic E-state index is 0.104. The van der Waals surface area contributed by atoms with E-state index in [0.29, 0.717) is 40.1 Å². The van der Waals surface area contributed by atoms with Crippen molar-refractivity contribution in [3.05, 3.63) is 28.9 Å². The fraction of sp³-hybridized carbons (Fsp3) is 0.657. The molecule has 0 aliphatic heterocycles. The van der Waals surface area contributed by atoms with Gasteiger partial charge >= 0.3 is 12.0 Å². The first-order valence-corrected chi connectivity index (χ1v) is 17.6. The van der Waals surface area contributed by atoms with Crippen molar-refractivity contribution < 1.29 is 19.1 Å². The number of hydrogen-bond donors (Lipinski definition) is 3. The molecule has 0 radical (unpaired) electrons. The molecule has 0 unspecified atom stereocenters. The lowest BCUT2D eigenvalue weighted by Gasteiger charge is -2.14. The summed E-state index contributed by atoms with van der Waals surface area (Å²) in [6.07, 6.45) is 18.1. The molecule has 256 valence electrons. The second-order valence-electron chi connectivity index (χ2n) is 13.1. The zero-order chi connectivity index (χ0) is 33.4. The number of aromatic nitrogens is 4. The second-order valence-corrected chi connectivity index (χ2v) is 13.5. The highest BCUT2D eigenvalue weighted by atomic mass is 35.5. The SMILES string of the molecule is CCCCCCCCCCCCCCCCOC(=O)CCNC(=O)Nc1cc(-c2nn3nc(C(C)(C)C)c(Cl)c3[nH]2)ccc1OC. The van der Waals surface area contributed by atoms with Gasteiger partial charge in [-0.05, 0) is 24.6 Å². The number of anilines is 1. The third-order valence-corrected chi connectivity index (χ3v) is 8.41. The molecular formula is C35H55ClN6O4. The molecule has 0 saturated carbocycles. The summed E-state index contributed by atoms with van der Waals surface area (Å²) in [6, 6.07) is 4.86. The van der Waals surface area contributed by atoms with Crippen LogP contribution in [0.1, 0.15) is 130 Å². The molecule has 11 heteroatoms. The van der Waals surface area contributed by atoms with E-state index in [9.17, 15) is 9.59 Å². The summed E-state index contributed by atoms with van der Waals surface area (Å²) < 4.78 is 12.3. The summed E-state index contributed by atoms with van der Waals surface area (Å²) in [6.45, 7) is 8.97. The zero-order valence-corrected chi connectivity index (χ0v) is 29.4. The van der Waals surface area contributed by atoms with Gasteiger partial charge in [-0.3, -0.25) is 4.79 Å². The van der Waals surface area contributed by atoms with E-state index in [1.165, 1.54) is 88.8 Å². The molecule has 2 heterocycles. The van der Waals surface area contributed by atoms with Crippen molar-refractivity contribution in [1.82, 2.24) is 25.1 Å². The van der Waals surface area contributed by atoms with Crippen molar-refractivity contribution in [2.24, 2.45) is 0 Å². The molecule has 0 saturated heterocycles. The largest absolute Gasteiger partial charge is 0.495 e. The molecule has 2 aromatic heterocycles. The molecule has 1 aromatic carbocycles. The number of halogens is 1. The number of amides is 2. The van der Waals surface area contributed by atoms with Crippen LogP contribution in [0.2, 0.25) is 5.02 Å². The fourth-order valence-corrected chi connectivity index (χ4v) is 5.80. The summed E-state index contributed by atoms with van der Waals surface area (Å²) in [5, 5.41) is 15.1. The topological polar surface area (TPSA) is 123 Å². The minimum Gasteiger partial charge on any atom is -0.495 e. The quantitative estimate of drug-likeness (QED) is 0.0774. The Bertz CT molecular complexity index is 1360. The van der Waals surface area contributed by atoms with Crippen LogP contribution in [0, 0.1) is 0 Å². The number of fused-ring (bicyclic) bond motifs is 1. The van der Waals surface area contributed by atoms with E-state index < -0.39 is 6.03 Å². The maximum absolute atomic E-state index is 12.6. The molecule has 46 heavy (non-hydrogen) atoms. The van der Waals surface area contributed by atoms with E-state index in [2.05, 4.69) is 32.7 Å². The standard InChI is InChI=1S/C35H55ClN6O4/c1-6-7-8-9-10-11-12-13-14-15-16-17-18-19-24-46-29(43)22-23-37-34(44)38-27-25-26(20-21-28(27)45-5)32-39-33-30(36)31(35(2,3)4)40-42(33)41-32/h20-21,25H,6-19,22-24H2,1-5H3,(H,39,41)(H2,37,38,44). The predicted octanol–water partition coefficient (Wildman–Crippen LogP) is 9.22. The number of carbonyl (C=O) groups excluding carboxylic acids is 2. The van der Waals surface area contributed by atoms with Gasteiger partial charge in [-0.2, -0.15) is 5.10 Å². The Kier molecular flexibility index (Phi) is 15.7. The van der Waals surface area contributed by atoms with Crippen LogP contribution in [0.5, 0.6) is 5.75 Å². The molecule has 0 bridgehead atoms. The van der Waals surface area contributed by atoms with Crippen molar-refractivity contribution in [3.63, 3.8) is 0 Å². The Morgan fingerprint density at radius 3 is 2.09 bits per heavy atom. The van der Waals surface area contributed by atoms with Crippen LogP contribution < -0.4 is 15.4 Å². The first-order valence-electron chi connectivity index (χ1n) is 17.2. The molecule has 0 aliphatic rings. The Morgan fingerprint density at radius 1 is 0.913 bits per heavy atom. The van der Waals surface area contributed by atoms with Gasteiger partial charge in [-0.25, -0.2) is 4.79 Å². The number of nitrogens with one attached hydrogen (secondary N) is 3. The number of esters is 1. The van der Waals surface area contributed by atoms with Crippen molar-refractivity contribution >= 4 is 34.9 Å². The average Bonchev–Trinajstić information content (AvgIpc) is 3.58. The lowest BCUT2D eigenvalue weighted by Crippen LogP contribution is -2.31. The van der Waals surface area contributed by atoms with Crippen LogP contribution in [0.15, 0.2) is 18.2 Å². The summed E-state index contributed by atoms with van der Waals surface area (Å²) >= 11 is 6.58. The number of unbranched alkanes of at least 4 members (excludes halogenated alkanes) is 13. The highest BCUT2D eigenvalue weighted by Crippen LogP contribution is 2.33. The monoisotopic (exact) mass is 658 g/mol. The maximum Gasteiger partial charge on any atom is 0.319 e. The normalized spacial score (nSPS) is 11.6. The van der Waals surface area contributed by atoms with Crippen LogP contribution in [0.25, 0.3) is 17.0 Å². The average molecular weight is 659 g/mol. The van der Waals surface area contributed by atoms with Crippen molar-refractivity contribution in [1.29, 1.82) is 0 Å². The lowest BCUT2D eigenvalue weighted by molar-refractivity contribution is -0.143. The zero-order valence-electron chi connectivity index (χ0n) is 28.6. The van der Waals surface area contributed by atoms with Gasteiger partial charge < -0.3 is 25.1 Å². The summed E-state index contributed by atoms with van der Waals surface area (Å²) in [4.78, 5) is 28.0. The van der Waals surface area contributed by atoms with Gasteiger partial charge in [0.2, 0.25) is 0 Å². The number of methoxy groups -OCH3 is 1. The first-order chi connectivity index (χ1) is 22.1. The molecule has 0 fully saturated rings. The summed E-state index contributed by atoms with van der Waals surface area (Å²) in [5.74, 6) is 0.707. The Morgan fingerprint density at radius 2 is 1.52 bits per heavy atom. The van der Waals surface area contributed by atoms with Crippen LogP contribution >= 0.6 is 11.6 Å². The smallest absolute Gasteiger partial charge is 0.319 e. The van der Waals surface area contributed by atoms with E-state index >= 15 is 0 Å². The molecule has 0 atom stereocenters. The van der Waals surface area contributed by atoms with Crippen molar-refractivity contribution in [2.45, 2.75) is 129 Å². The van der Waals surface area contributed by atoms with Crippen LogP contribution in [-0.4, -0.2) is 52.1 Å². The van der Waals surface area contributed by atoms with E-state index in [4.69, 9.17) is 21.1 Å². The summed E-state index contributed by atoms with van der Waals surface area (Å²) in [7, 11) is 1.53. The van der Waals surface area contributed by atoms with Gasteiger partial charge in [-0.1, -0.05) is 123 Å². The first kappa shape index (κ1) is 37.2. The van der Waals surface area contributed by atoms with Gasteiger partial charge in [0.1, 0.15) is 10.8 Å². The van der Waals surface area contributed by atoms with Gasteiger partial charge in [0, 0.05) is 17.5 Å².